The fraction of sp³-hybridized carbons (Fsp3) is 0.538. The van der Waals surface area contributed by atoms with Gasteiger partial charge in [-0.1, -0.05) is 12.1 Å². The number of ether oxygens (including phenoxy) is 1. The maximum atomic E-state index is 6.01. The average Bonchev–Trinajstić information content (AvgIpc) is 3.07. The summed E-state index contributed by atoms with van der Waals surface area (Å²) >= 11 is 1.52. The third-order valence-corrected chi connectivity index (χ3v) is 4.65. The molecule has 1 unspecified atom stereocenters. The van der Waals surface area contributed by atoms with Crippen LogP contribution in [-0.4, -0.2) is 41.3 Å². The van der Waals surface area contributed by atoms with Crippen LogP contribution in [0.4, 0.5) is 5.69 Å². The molecule has 0 saturated carbocycles. The fourth-order valence-corrected chi connectivity index (χ4v) is 3.12. The molecule has 0 aliphatic carbocycles. The molecular weight excluding hydrogens is 276 g/mol. The number of morpholine rings is 1. The molecule has 0 aromatic carbocycles. The van der Waals surface area contributed by atoms with Crippen LogP contribution in [0.5, 0.6) is 0 Å². The van der Waals surface area contributed by atoms with E-state index in [4.69, 9.17) is 15.0 Å². The molecule has 0 amide bonds. The van der Waals surface area contributed by atoms with Gasteiger partial charge in [0, 0.05) is 13.1 Å². The van der Waals surface area contributed by atoms with E-state index in [1.165, 1.54) is 11.3 Å². The zero-order valence-corrected chi connectivity index (χ0v) is 12.4. The first-order valence-electron chi connectivity index (χ1n) is 6.70. The number of thiophene rings is 1. The zero-order valence-electron chi connectivity index (χ0n) is 11.6. The van der Waals surface area contributed by atoms with Crippen molar-refractivity contribution in [3.05, 3.63) is 16.8 Å². The molecule has 20 heavy (non-hydrogen) atoms. The molecule has 1 saturated heterocycles. The Kier molecular flexibility index (Phi) is 3.73. The molecular formula is C13H18N4O2S. The van der Waals surface area contributed by atoms with Crippen molar-refractivity contribution in [1.82, 2.24) is 15.0 Å². The van der Waals surface area contributed by atoms with Gasteiger partial charge >= 0.3 is 0 Å². The van der Waals surface area contributed by atoms with E-state index in [1.807, 2.05) is 12.3 Å². The number of hydrogen-bond acceptors (Lipinski definition) is 7. The predicted octanol–water partition coefficient (Wildman–Crippen LogP) is 2.08. The van der Waals surface area contributed by atoms with Gasteiger partial charge in [0.1, 0.15) is 11.0 Å². The molecule has 3 rings (SSSR count). The van der Waals surface area contributed by atoms with Gasteiger partial charge in [0.2, 0.25) is 5.82 Å². The Morgan fingerprint density at radius 1 is 1.55 bits per heavy atom. The summed E-state index contributed by atoms with van der Waals surface area (Å²) in [6, 6.07) is 0. The van der Waals surface area contributed by atoms with Gasteiger partial charge in [-0.25, -0.2) is 0 Å². The van der Waals surface area contributed by atoms with Gasteiger partial charge in [-0.05, 0) is 24.4 Å². The van der Waals surface area contributed by atoms with Crippen molar-refractivity contribution >= 4 is 17.0 Å². The lowest BCUT2D eigenvalue weighted by Gasteiger charge is -2.30. The highest BCUT2D eigenvalue weighted by Gasteiger charge is 2.26. The Balaban J connectivity index is 1.81. The molecule has 0 spiro atoms. The summed E-state index contributed by atoms with van der Waals surface area (Å²) in [6.45, 7) is 7.56. The lowest BCUT2D eigenvalue weighted by Crippen LogP contribution is -2.38. The van der Waals surface area contributed by atoms with E-state index in [0.717, 1.165) is 30.1 Å². The number of aryl methyl sites for hydroxylation is 1. The smallest absolute Gasteiger partial charge is 0.270 e. The van der Waals surface area contributed by atoms with Crippen molar-refractivity contribution in [2.75, 3.05) is 32.0 Å². The molecule has 1 fully saturated rings. The SMILES string of the molecule is CCN1CCOC(c2noc(-c3scc(C)c3N)n2)C1. The second-order valence-electron chi connectivity index (χ2n) is 4.87. The molecule has 2 aromatic heterocycles. The lowest BCUT2D eigenvalue weighted by atomic mass is 10.2. The topological polar surface area (TPSA) is 77.4 Å². The molecule has 108 valence electrons. The third kappa shape index (κ3) is 2.44. The van der Waals surface area contributed by atoms with E-state index in [1.54, 1.807) is 0 Å². The average molecular weight is 294 g/mol. The summed E-state index contributed by atoms with van der Waals surface area (Å²) in [5.74, 6) is 1.08. The molecule has 6 nitrogen and oxygen atoms in total. The van der Waals surface area contributed by atoms with Gasteiger partial charge in [-0.2, -0.15) is 4.98 Å². The molecule has 3 heterocycles. The van der Waals surface area contributed by atoms with Crippen molar-refractivity contribution in [2.45, 2.75) is 20.0 Å². The van der Waals surface area contributed by atoms with Crippen LogP contribution in [-0.2, 0) is 4.74 Å². The minimum Gasteiger partial charge on any atom is -0.397 e. The van der Waals surface area contributed by atoms with Crippen molar-refractivity contribution in [3.8, 4) is 10.8 Å². The second kappa shape index (κ2) is 5.51. The standard InChI is InChI=1S/C13H18N4O2S/c1-3-17-4-5-18-9(6-17)12-15-13(19-16-12)11-10(14)8(2)7-20-11/h7,9H,3-6,14H2,1-2H3. The summed E-state index contributed by atoms with van der Waals surface area (Å²) in [5.41, 5.74) is 7.76. The predicted molar refractivity (Wildman–Crippen MR) is 77.6 cm³/mol. The van der Waals surface area contributed by atoms with E-state index in [-0.39, 0.29) is 6.10 Å². The maximum Gasteiger partial charge on any atom is 0.270 e. The number of anilines is 1. The van der Waals surface area contributed by atoms with Crippen LogP contribution in [0.15, 0.2) is 9.90 Å². The minimum absolute atomic E-state index is 0.122. The number of nitrogen functional groups attached to an aromatic ring is 1. The minimum atomic E-state index is -0.122. The normalized spacial score (nSPS) is 20.4. The monoisotopic (exact) mass is 294 g/mol. The van der Waals surface area contributed by atoms with E-state index >= 15 is 0 Å². The van der Waals surface area contributed by atoms with Crippen LogP contribution >= 0.6 is 11.3 Å². The first kappa shape index (κ1) is 13.5. The highest BCUT2D eigenvalue weighted by molar-refractivity contribution is 7.14. The highest BCUT2D eigenvalue weighted by Crippen LogP contribution is 2.34. The fourth-order valence-electron chi connectivity index (χ4n) is 2.22. The van der Waals surface area contributed by atoms with Crippen LogP contribution in [0.25, 0.3) is 10.8 Å². The van der Waals surface area contributed by atoms with E-state index in [9.17, 15) is 0 Å². The van der Waals surface area contributed by atoms with Gasteiger partial charge in [0.05, 0.1) is 12.3 Å². The number of nitrogens with zero attached hydrogens (tertiary/aromatic N) is 3. The zero-order chi connectivity index (χ0) is 14.1. The summed E-state index contributed by atoms with van der Waals surface area (Å²) < 4.78 is 11.1. The molecule has 0 bridgehead atoms. The largest absolute Gasteiger partial charge is 0.397 e. The van der Waals surface area contributed by atoms with Crippen LogP contribution < -0.4 is 5.73 Å². The summed E-state index contributed by atoms with van der Waals surface area (Å²) in [7, 11) is 0. The Morgan fingerprint density at radius 2 is 2.40 bits per heavy atom. The van der Waals surface area contributed by atoms with Crippen molar-refractivity contribution < 1.29 is 9.26 Å². The van der Waals surface area contributed by atoms with Crippen LogP contribution in [0.2, 0.25) is 0 Å². The molecule has 7 heteroatoms. The molecule has 1 aliphatic rings. The van der Waals surface area contributed by atoms with Crippen LogP contribution in [0.1, 0.15) is 24.4 Å². The Morgan fingerprint density at radius 3 is 3.10 bits per heavy atom. The molecule has 2 N–H and O–H groups in total. The molecule has 2 aromatic rings. The van der Waals surface area contributed by atoms with Crippen molar-refractivity contribution in [2.24, 2.45) is 0 Å². The van der Waals surface area contributed by atoms with E-state index in [0.29, 0.717) is 24.0 Å². The molecule has 0 radical (unpaired) electrons. The molecule has 1 atom stereocenters. The number of rotatable bonds is 3. The van der Waals surface area contributed by atoms with Crippen LogP contribution in [0.3, 0.4) is 0 Å². The molecule has 1 aliphatic heterocycles. The Bertz CT molecular complexity index is 595. The maximum absolute atomic E-state index is 6.01. The first-order chi connectivity index (χ1) is 9.69. The van der Waals surface area contributed by atoms with Crippen molar-refractivity contribution in [1.29, 1.82) is 0 Å². The van der Waals surface area contributed by atoms with Gasteiger partial charge in [0.15, 0.2) is 0 Å². The first-order valence-corrected chi connectivity index (χ1v) is 7.58. The second-order valence-corrected chi connectivity index (χ2v) is 5.75. The quantitative estimate of drug-likeness (QED) is 0.934. The Hall–Kier alpha value is -1.44. The number of likely N-dealkylation sites (N-methyl/N-ethyl adjacent to an activating group) is 1. The van der Waals surface area contributed by atoms with E-state index in [2.05, 4.69) is 22.0 Å². The number of hydrogen-bond donors (Lipinski definition) is 1. The number of aromatic nitrogens is 2. The lowest BCUT2D eigenvalue weighted by molar-refractivity contribution is -0.0334. The van der Waals surface area contributed by atoms with Gasteiger partial charge in [-0.15, -0.1) is 11.3 Å². The third-order valence-electron chi connectivity index (χ3n) is 3.54. The summed E-state index contributed by atoms with van der Waals surface area (Å²) in [6.07, 6.45) is -0.122. The van der Waals surface area contributed by atoms with Gasteiger partial charge in [0.25, 0.3) is 5.89 Å². The summed E-state index contributed by atoms with van der Waals surface area (Å²) in [5, 5.41) is 6.04. The van der Waals surface area contributed by atoms with Gasteiger partial charge in [-0.3, -0.25) is 4.90 Å². The van der Waals surface area contributed by atoms with Gasteiger partial charge < -0.3 is 15.0 Å². The van der Waals surface area contributed by atoms with Crippen LogP contribution in [0, 0.1) is 6.92 Å². The highest BCUT2D eigenvalue weighted by atomic mass is 32.1. The number of nitrogens with two attached hydrogens (primary N) is 1. The Labute approximate surface area is 121 Å². The summed E-state index contributed by atoms with van der Waals surface area (Å²) in [4.78, 5) is 7.60. The van der Waals surface area contributed by atoms with Crippen molar-refractivity contribution in [3.63, 3.8) is 0 Å². The van der Waals surface area contributed by atoms with E-state index < -0.39 is 0 Å².